The maximum atomic E-state index is 13.3. The molecule has 0 unspecified atom stereocenters. The van der Waals surface area contributed by atoms with Crippen LogP contribution in [-0.2, 0) is 32.6 Å². The molecule has 0 heterocycles. The van der Waals surface area contributed by atoms with Gasteiger partial charge in [-0.25, -0.2) is 17.5 Å². The normalized spacial score (nSPS) is 14.4. The molecular formula is C24H30FN3O5S. The molecule has 3 rings (SSSR count). The Bertz CT molecular complexity index is 1090. The zero-order chi connectivity index (χ0) is 24.7. The first-order valence-electron chi connectivity index (χ1n) is 11.2. The van der Waals surface area contributed by atoms with Crippen molar-refractivity contribution in [1.82, 2.24) is 14.9 Å². The molecule has 0 aromatic heterocycles. The number of carbonyl (C=O) groups is 2. The summed E-state index contributed by atoms with van der Waals surface area (Å²) in [6, 6.07) is 11.3. The van der Waals surface area contributed by atoms with Gasteiger partial charge in [0.25, 0.3) is 0 Å². The van der Waals surface area contributed by atoms with E-state index in [1.54, 1.807) is 31.2 Å². The van der Waals surface area contributed by atoms with Gasteiger partial charge in [0.2, 0.25) is 21.8 Å². The van der Waals surface area contributed by atoms with Crippen LogP contribution in [0.3, 0.4) is 0 Å². The van der Waals surface area contributed by atoms with Crippen molar-refractivity contribution in [3.63, 3.8) is 0 Å². The van der Waals surface area contributed by atoms with Gasteiger partial charge in [-0.2, -0.15) is 0 Å². The standard InChI is InChI=1S/C24H30FN3O5S/c1-17(24(31)26-14-15-29)28(16-19-2-7-20(25)8-3-19)23(30)13-6-18-4-11-22(12-5-18)34(32,33)27-21-9-10-21/h2-5,7-8,11-12,17,21,27,29H,6,9-10,13-16H2,1H3,(H,26,31)/t17-/m0/s1. The van der Waals surface area contributed by atoms with Crippen LogP contribution in [0, 0.1) is 5.82 Å². The average molecular weight is 492 g/mol. The zero-order valence-electron chi connectivity index (χ0n) is 19.0. The molecule has 1 aliphatic rings. The first-order valence-corrected chi connectivity index (χ1v) is 12.7. The number of benzene rings is 2. The summed E-state index contributed by atoms with van der Waals surface area (Å²) in [7, 11) is -3.54. The van der Waals surface area contributed by atoms with Crippen LogP contribution in [0.5, 0.6) is 0 Å². The predicted molar refractivity (Wildman–Crippen MR) is 125 cm³/mol. The lowest BCUT2D eigenvalue weighted by molar-refractivity contribution is -0.140. The van der Waals surface area contributed by atoms with E-state index in [1.165, 1.54) is 29.2 Å². The van der Waals surface area contributed by atoms with Crippen molar-refractivity contribution in [2.75, 3.05) is 13.2 Å². The molecule has 1 fully saturated rings. The van der Waals surface area contributed by atoms with E-state index in [9.17, 15) is 22.4 Å². The largest absolute Gasteiger partial charge is 0.395 e. The van der Waals surface area contributed by atoms with E-state index in [0.717, 1.165) is 18.4 Å². The Kier molecular flexibility index (Phi) is 8.76. The van der Waals surface area contributed by atoms with Gasteiger partial charge in [-0.05, 0) is 61.6 Å². The second-order valence-corrected chi connectivity index (χ2v) is 10.1. The van der Waals surface area contributed by atoms with E-state index in [1.807, 2.05) is 0 Å². The Hall–Kier alpha value is -2.82. The van der Waals surface area contributed by atoms with Gasteiger partial charge in [0.1, 0.15) is 11.9 Å². The van der Waals surface area contributed by atoms with E-state index >= 15 is 0 Å². The Morgan fingerprint density at radius 3 is 2.29 bits per heavy atom. The molecule has 0 aliphatic heterocycles. The maximum absolute atomic E-state index is 13.3. The van der Waals surface area contributed by atoms with E-state index in [4.69, 9.17) is 5.11 Å². The van der Waals surface area contributed by atoms with Crippen LogP contribution in [-0.4, -0.2) is 55.5 Å². The van der Waals surface area contributed by atoms with Gasteiger partial charge in [-0.15, -0.1) is 0 Å². The summed E-state index contributed by atoms with van der Waals surface area (Å²) in [4.78, 5) is 27.1. The zero-order valence-corrected chi connectivity index (χ0v) is 19.9. The molecule has 2 aromatic carbocycles. The monoisotopic (exact) mass is 491 g/mol. The number of amides is 2. The van der Waals surface area contributed by atoms with E-state index in [-0.39, 0.29) is 43.0 Å². The van der Waals surface area contributed by atoms with Crippen molar-refractivity contribution >= 4 is 21.8 Å². The number of rotatable bonds is 12. The van der Waals surface area contributed by atoms with Crippen molar-refractivity contribution in [2.45, 2.75) is 56.1 Å². The molecule has 1 atom stereocenters. The number of hydrogen-bond acceptors (Lipinski definition) is 5. The first kappa shape index (κ1) is 25.8. The highest BCUT2D eigenvalue weighted by molar-refractivity contribution is 7.89. The minimum Gasteiger partial charge on any atom is -0.395 e. The molecule has 1 aliphatic carbocycles. The van der Waals surface area contributed by atoms with E-state index in [0.29, 0.717) is 12.0 Å². The Morgan fingerprint density at radius 2 is 1.71 bits per heavy atom. The molecule has 0 radical (unpaired) electrons. The molecule has 0 saturated heterocycles. The average Bonchev–Trinajstić information content (AvgIpc) is 3.63. The molecule has 1 saturated carbocycles. The van der Waals surface area contributed by atoms with Gasteiger partial charge in [0, 0.05) is 25.6 Å². The van der Waals surface area contributed by atoms with Gasteiger partial charge in [-0.3, -0.25) is 9.59 Å². The third-order valence-electron chi connectivity index (χ3n) is 5.60. The van der Waals surface area contributed by atoms with Crippen molar-refractivity contribution < 1.29 is 27.5 Å². The molecule has 8 nitrogen and oxygen atoms in total. The first-order chi connectivity index (χ1) is 16.2. The summed E-state index contributed by atoms with van der Waals surface area (Å²) < 4.78 is 40.5. The maximum Gasteiger partial charge on any atom is 0.242 e. The van der Waals surface area contributed by atoms with Gasteiger partial charge in [0.15, 0.2) is 0 Å². The quantitative estimate of drug-likeness (QED) is 0.418. The van der Waals surface area contributed by atoms with E-state index < -0.39 is 27.8 Å². The Labute approximate surface area is 199 Å². The van der Waals surface area contributed by atoms with Crippen molar-refractivity contribution in [3.05, 3.63) is 65.5 Å². The number of aryl methyl sites for hydroxylation is 1. The van der Waals surface area contributed by atoms with Crippen molar-refractivity contribution in [2.24, 2.45) is 0 Å². The molecular weight excluding hydrogens is 461 g/mol. The lowest BCUT2D eigenvalue weighted by atomic mass is 10.1. The number of nitrogens with zero attached hydrogens (tertiary/aromatic N) is 1. The van der Waals surface area contributed by atoms with Gasteiger partial charge in [-0.1, -0.05) is 24.3 Å². The number of halogens is 1. The summed E-state index contributed by atoms with van der Waals surface area (Å²) in [6.07, 6.45) is 2.17. The number of nitrogens with one attached hydrogen (secondary N) is 2. The number of carbonyl (C=O) groups excluding carboxylic acids is 2. The molecule has 184 valence electrons. The van der Waals surface area contributed by atoms with Crippen LogP contribution in [0.4, 0.5) is 4.39 Å². The number of sulfonamides is 1. The molecule has 10 heteroatoms. The second-order valence-electron chi connectivity index (χ2n) is 8.38. The third kappa shape index (κ3) is 7.34. The highest BCUT2D eigenvalue weighted by atomic mass is 32.2. The molecule has 2 aromatic rings. The summed E-state index contributed by atoms with van der Waals surface area (Å²) in [5.74, 6) is -1.07. The SMILES string of the molecule is C[C@@H](C(=O)NCCO)N(Cc1ccc(F)cc1)C(=O)CCc1ccc(S(=O)(=O)NC2CC2)cc1. The van der Waals surface area contributed by atoms with Crippen LogP contribution in [0.15, 0.2) is 53.4 Å². The molecule has 2 amide bonds. The van der Waals surface area contributed by atoms with Crippen LogP contribution < -0.4 is 10.0 Å². The van der Waals surface area contributed by atoms with Gasteiger partial charge in [0.05, 0.1) is 11.5 Å². The van der Waals surface area contributed by atoms with E-state index in [2.05, 4.69) is 10.0 Å². The van der Waals surface area contributed by atoms with Crippen LogP contribution >= 0.6 is 0 Å². The topological polar surface area (TPSA) is 116 Å². The molecule has 3 N–H and O–H groups in total. The van der Waals surface area contributed by atoms with Crippen molar-refractivity contribution in [3.8, 4) is 0 Å². The molecule has 0 spiro atoms. The number of hydrogen-bond donors (Lipinski definition) is 3. The Morgan fingerprint density at radius 1 is 1.09 bits per heavy atom. The summed E-state index contributed by atoms with van der Waals surface area (Å²) >= 11 is 0. The lowest BCUT2D eigenvalue weighted by Gasteiger charge is -2.29. The highest BCUT2D eigenvalue weighted by Crippen LogP contribution is 2.22. The lowest BCUT2D eigenvalue weighted by Crippen LogP contribution is -2.48. The number of aliphatic hydroxyl groups is 1. The smallest absolute Gasteiger partial charge is 0.242 e. The predicted octanol–water partition coefficient (Wildman–Crippen LogP) is 1.72. The summed E-state index contributed by atoms with van der Waals surface area (Å²) in [5, 5.41) is 11.5. The highest BCUT2D eigenvalue weighted by Gasteiger charge is 2.28. The molecule has 0 bridgehead atoms. The second kappa shape index (κ2) is 11.5. The fraction of sp³-hybridized carbons (Fsp3) is 0.417. The fourth-order valence-electron chi connectivity index (χ4n) is 3.41. The van der Waals surface area contributed by atoms with Crippen LogP contribution in [0.2, 0.25) is 0 Å². The van der Waals surface area contributed by atoms with Gasteiger partial charge >= 0.3 is 0 Å². The number of aliphatic hydroxyl groups excluding tert-OH is 1. The third-order valence-corrected chi connectivity index (χ3v) is 7.14. The van der Waals surface area contributed by atoms with Crippen molar-refractivity contribution in [1.29, 1.82) is 0 Å². The fourth-order valence-corrected chi connectivity index (χ4v) is 4.72. The van der Waals surface area contributed by atoms with Crippen LogP contribution in [0.25, 0.3) is 0 Å². The van der Waals surface area contributed by atoms with Crippen LogP contribution in [0.1, 0.15) is 37.3 Å². The van der Waals surface area contributed by atoms with Gasteiger partial charge < -0.3 is 15.3 Å². The Balaban J connectivity index is 1.66. The molecule has 34 heavy (non-hydrogen) atoms. The minimum absolute atomic E-state index is 0.0194. The minimum atomic E-state index is -3.54. The summed E-state index contributed by atoms with van der Waals surface area (Å²) in [5.41, 5.74) is 1.46. The summed E-state index contributed by atoms with van der Waals surface area (Å²) in [6.45, 7) is 1.58.